The van der Waals surface area contributed by atoms with Crippen LogP contribution in [0.3, 0.4) is 0 Å². The van der Waals surface area contributed by atoms with Gasteiger partial charge in [-0.2, -0.15) is 0 Å². The van der Waals surface area contributed by atoms with E-state index in [4.69, 9.17) is 0 Å². The minimum atomic E-state index is -3.24. The summed E-state index contributed by atoms with van der Waals surface area (Å²) in [6, 6.07) is 62.5. The van der Waals surface area contributed by atoms with Gasteiger partial charge in [-0.05, 0) is 0 Å². The van der Waals surface area contributed by atoms with E-state index in [0.29, 0.717) is 3.63 Å². The van der Waals surface area contributed by atoms with Crippen LogP contribution >= 0.6 is 0 Å². The second kappa shape index (κ2) is 17.3. The van der Waals surface area contributed by atoms with E-state index in [9.17, 15) is 0 Å². The summed E-state index contributed by atoms with van der Waals surface area (Å²) >= 11 is -3.24. The number of allylic oxidation sites excluding steroid dienone is 4. The molecule has 0 nitrogen and oxygen atoms in total. The van der Waals surface area contributed by atoms with Crippen LogP contribution in [0.2, 0.25) is 3.63 Å². The first-order valence-electron chi connectivity index (χ1n) is 21.6. The van der Waals surface area contributed by atoms with E-state index in [1.54, 1.807) is 12.0 Å². The molecule has 0 fully saturated rings. The third-order valence-electron chi connectivity index (χ3n) is 12.8. The van der Waals surface area contributed by atoms with Gasteiger partial charge in [0.15, 0.2) is 0 Å². The Balaban J connectivity index is 0.00000264. The number of fused-ring (bicyclic) bond motifs is 5. The summed E-state index contributed by atoms with van der Waals surface area (Å²) in [6.07, 6.45) is 10.7. The Kier molecular flexibility index (Phi) is 12.2. The fraction of sp³-hybridized carbons (Fsp3) is 0.169. The molecule has 2 aliphatic rings. The summed E-state index contributed by atoms with van der Waals surface area (Å²) in [5, 5.41) is 5.26. The Hall–Kier alpha value is -4.91. The average Bonchev–Trinajstić information content (AvgIpc) is 3.93. The molecule has 2 aliphatic carbocycles. The van der Waals surface area contributed by atoms with Crippen molar-refractivity contribution in [2.24, 2.45) is 0 Å². The fourth-order valence-electron chi connectivity index (χ4n) is 10.1. The average molecular weight is 923 g/mol. The van der Waals surface area contributed by atoms with E-state index < -0.39 is 21.3 Å². The van der Waals surface area contributed by atoms with Gasteiger partial charge in [-0.3, -0.25) is 0 Å². The van der Waals surface area contributed by atoms with Gasteiger partial charge >= 0.3 is 367 Å². The minimum absolute atomic E-state index is 0. The first-order chi connectivity index (χ1) is 29.1. The zero-order valence-electron chi connectivity index (χ0n) is 36.4. The van der Waals surface area contributed by atoms with Crippen molar-refractivity contribution in [3.05, 3.63) is 221 Å². The summed E-state index contributed by atoms with van der Waals surface area (Å²) in [7, 11) is 0. The van der Waals surface area contributed by atoms with Crippen LogP contribution in [0.25, 0.3) is 54.9 Å². The molecular weight excluding hydrogens is 871 g/mol. The van der Waals surface area contributed by atoms with Crippen LogP contribution in [0.15, 0.2) is 188 Å². The van der Waals surface area contributed by atoms with Crippen LogP contribution in [-0.4, -0.2) is 3.21 Å². The molecule has 0 amide bonds. The van der Waals surface area contributed by atoms with Gasteiger partial charge in [0.1, 0.15) is 0 Å². The van der Waals surface area contributed by atoms with Crippen molar-refractivity contribution < 1.29 is 46.1 Å². The molecule has 8 aromatic carbocycles. The van der Waals surface area contributed by atoms with E-state index in [1.165, 1.54) is 82.7 Å². The van der Waals surface area contributed by atoms with Gasteiger partial charge in [0.25, 0.3) is 0 Å². The first-order valence-corrected chi connectivity index (χ1v) is 25.5. The van der Waals surface area contributed by atoms with Crippen molar-refractivity contribution in [2.75, 3.05) is 0 Å². The van der Waals surface area contributed by atoms with Crippen molar-refractivity contribution in [1.29, 1.82) is 0 Å². The van der Waals surface area contributed by atoms with Gasteiger partial charge < -0.3 is 24.8 Å². The molecule has 0 heterocycles. The van der Waals surface area contributed by atoms with Crippen molar-refractivity contribution in [3.63, 3.8) is 0 Å². The molecule has 0 spiro atoms. The van der Waals surface area contributed by atoms with Crippen LogP contribution in [0, 0.1) is 0 Å². The third kappa shape index (κ3) is 7.76. The predicted octanol–water partition coefficient (Wildman–Crippen LogP) is 8.93. The first kappa shape index (κ1) is 43.7. The van der Waals surface area contributed by atoms with E-state index in [2.05, 4.69) is 230 Å². The molecule has 0 N–H and O–H groups in total. The smallest absolute Gasteiger partial charge is 1.00 e. The zero-order chi connectivity index (χ0) is 41.2. The second-order valence-electron chi connectivity index (χ2n) is 18.8. The van der Waals surface area contributed by atoms with Gasteiger partial charge in [-0.25, -0.2) is 0 Å². The topological polar surface area (TPSA) is 0 Å². The Bertz CT molecular complexity index is 2960. The molecule has 3 heteroatoms. The molecule has 0 aromatic heterocycles. The Morgan fingerprint density at radius 3 is 1.52 bits per heavy atom. The fourth-order valence-corrected chi connectivity index (χ4v) is 19.0. The second-order valence-corrected chi connectivity index (χ2v) is 24.9. The molecule has 0 aliphatic heterocycles. The molecule has 0 atom stereocenters. The van der Waals surface area contributed by atoms with Crippen molar-refractivity contribution in [2.45, 2.75) is 62.4 Å². The maximum absolute atomic E-state index is 3.24. The molecule has 0 bridgehead atoms. The molecule has 306 valence electrons. The largest absolute Gasteiger partial charge is 1.00 e. The van der Waals surface area contributed by atoms with Crippen LogP contribution < -0.4 is 28.1 Å². The molecule has 0 unspecified atom stereocenters. The van der Waals surface area contributed by atoms with E-state index in [-0.39, 0.29) is 35.6 Å². The predicted molar refractivity (Wildman–Crippen MR) is 256 cm³/mol. The summed E-state index contributed by atoms with van der Waals surface area (Å²) in [6.45, 7) is 14.4. The van der Waals surface area contributed by atoms with Crippen LogP contribution in [0.5, 0.6) is 0 Å². The maximum atomic E-state index is 2.62. The monoisotopic (exact) mass is 920 g/mol. The zero-order valence-corrected chi connectivity index (χ0v) is 40.4. The van der Waals surface area contributed by atoms with E-state index in [1.807, 2.05) is 0 Å². The normalized spacial score (nSPS) is 13.0. The van der Waals surface area contributed by atoms with Crippen LogP contribution in [-0.2, 0) is 38.5 Å². The number of rotatable bonds is 6. The third-order valence-corrected chi connectivity index (χ3v) is 20.8. The number of hydrogen-bond acceptors (Lipinski definition) is 0. The quantitative estimate of drug-likeness (QED) is 0.157. The van der Waals surface area contributed by atoms with Gasteiger partial charge in [0.2, 0.25) is 0 Å². The Morgan fingerprint density at radius 2 is 0.968 bits per heavy atom. The molecule has 62 heavy (non-hydrogen) atoms. The Labute approximate surface area is 388 Å². The summed E-state index contributed by atoms with van der Waals surface area (Å²) in [5.74, 6) is 0. The summed E-state index contributed by atoms with van der Waals surface area (Å²) < 4.78 is 3.56. The maximum Gasteiger partial charge on any atom is -1.00 e. The van der Waals surface area contributed by atoms with Crippen LogP contribution in [0.4, 0.5) is 0 Å². The number of hydrogen-bond donors (Lipinski definition) is 0. The molecule has 8 aromatic rings. The summed E-state index contributed by atoms with van der Waals surface area (Å²) in [5.41, 5.74) is 16.8. The van der Waals surface area contributed by atoms with Gasteiger partial charge in [0.05, 0.1) is 0 Å². The minimum Gasteiger partial charge on any atom is -1.00 e. The van der Waals surface area contributed by atoms with Crippen molar-refractivity contribution in [1.82, 2.24) is 0 Å². The molecule has 0 saturated heterocycles. The SMILES string of the molecule is CC(C)(C)c1cc2c(cc1-c1ccccc1)Cc1c-2cc(C(C)(C)C)c(-c2ccccc2)[c]1[Zr+2](=[C](c1cccc2ccccc12)c1cccc2ccccc12)[CH]1C=CC=C1.[Cl-].[Cl-]. The van der Waals surface area contributed by atoms with E-state index >= 15 is 0 Å². The molecule has 0 saturated carbocycles. The van der Waals surface area contributed by atoms with Crippen LogP contribution in [0.1, 0.15) is 74.9 Å². The van der Waals surface area contributed by atoms with Crippen molar-refractivity contribution >= 4 is 28.0 Å². The number of halogens is 2. The van der Waals surface area contributed by atoms with Gasteiger partial charge in [-0.1, -0.05) is 0 Å². The Morgan fingerprint density at radius 1 is 0.484 bits per heavy atom. The summed E-state index contributed by atoms with van der Waals surface area (Å²) in [4.78, 5) is 0. The van der Waals surface area contributed by atoms with E-state index in [0.717, 1.165) is 6.42 Å². The molecular formula is C59H52Cl2Zr. The van der Waals surface area contributed by atoms with Gasteiger partial charge in [-0.15, -0.1) is 0 Å². The molecule has 10 rings (SSSR count). The standard InChI is InChI=1S/C33H33.C21H14.C5H5.2ClH.Zr/c1-32(2,3)30-20-26-24(18-28(30)22-13-9-7-10-14-22)17-25-19-29(23-15-11-8-12-16-23)31(21-27(25)26)33(4,5)6;1-3-13-20-16(7-1)9-5-11-18(20)15-19-12-6-10-17-8-2-4-14-21(17)19;1-2-4-5-3-1;;;/h7-16,18,20-21H,17H2,1-6H3;1-14H;1-5H;2*1H;/q;;;;;+2/p-2. The van der Waals surface area contributed by atoms with Crippen molar-refractivity contribution in [3.8, 4) is 33.4 Å². The molecule has 0 radical (unpaired) electrons. The van der Waals surface area contributed by atoms with Gasteiger partial charge in [0, 0.05) is 0 Å². The number of benzene rings is 8.